The summed E-state index contributed by atoms with van der Waals surface area (Å²) in [5.74, 6) is 1.76. The number of amides is 1. The summed E-state index contributed by atoms with van der Waals surface area (Å²) in [5, 5.41) is 3.38. The van der Waals surface area contributed by atoms with Crippen molar-refractivity contribution >= 4 is 5.91 Å². The van der Waals surface area contributed by atoms with Gasteiger partial charge in [0.15, 0.2) is 0 Å². The van der Waals surface area contributed by atoms with Gasteiger partial charge in [-0.2, -0.15) is 0 Å². The van der Waals surface area contributed by atoms with Crippen molar-refractivity contribution in [3.63, 3.8) is 0 Å². The van der Waals surface area contributed by atoms with E-state index in [1.807, 2.05) is 36.1 Å². The first-order valence-corrected chi connectivity index (χ1v) is 6.89. The molecule has 0 aromatic heterocycles. The highest BCUT2D eigenvalue weighted by Crippen LogP contribution is 2.34. The molecule has 0 spiro atoms. The van der Waals surface area contributed by atoms with Crippen molar-refractivity contribution in [2.24, 2.45) is 5.92 Å². The third kappa shape index (κ3) is 2.45. The summed E-state index contributed by atoms with van der Waals surface area (Å²) in [4.78, 5) is 14.2. The maximum atomic E-state index is 12.2. The Kier molecular flexibility index (Phi) is 3.19. The molecule has 2 aliphatic rings. The number of carbonyl (C=O) groups excluding carboxylic acids is 1. The summed E-state index contributed by atoms with van der Waals surface area (Å²) in [6.45, 7) is 2.82. The topological polar surface area (TPSA) is 41.6 Å². The van der Waals surface area contributed by atoms with Crippen LogP contribution < -0.4 is 10.1 Å². The van der Waals surface area contributed by atoms with Gasteiger partial charge in [-0.15, -0.1) is 0 Å². The number of ether oxygens (including phenoxy) is 1. The minimum Gasteiger partial charge on any atom is -0.497 e. The monoisotopic (exact) mass is 260 g/mol. The van der Waals surface area contributed by atoms with Gasteiger partial charge in [0.2, 0.25) is 5.91 Å². The number of benzene rings is 1. The van der Waals surface area contributed by atoms with Gasteiger partial charge in [0.25, 0.3) is 0 Å². The van der Waals surface area contributed by atoms with E-state index < -0.39 is 0 Å². The predicted molar refractivity (Wildman–Crippen MR) is 72.8 cm³/mol. The van der Waals surface area contributed by atoms with Crippen LogP contribution in [-0.4, -0.2) is 30.5 Å². The Morgan fingerprint density at radius 2 is 2.00 bits per heavy atom. The molecule has 3 rings (SSSR count). The standard InChI is InChI=1S/C15H20N2O2/c1-10-15(18)17(9-11-3-4-11)14(16-10)12-5-7-13(19-2)8-6-12/h5-8,10-11,14,16H,3-4,9H2,1-2H3. The van der Waals surface area contributed by atoms with Crippen LogP contribution in [-0.2, 0) is 4.79 Å². The fourth-order valence-electron chi connectivity index (χ4n) is 2.61. The normalized spacial score (nSPS) is 26.8. The van der Waals surface area contributed by atoms with Crippen molar-refractivity contribution in [3.8, 4) is 5.75 Å². The second-order valence-corrected chi connectivity index (χ2v) is 5.50. The summed E-state index contributed by atoms with van der Waals surface area (Å²) >= 11 is 0. The van der Waals surface area contributed by atoms with E-state index in [9.17, 15) is 4.79 Å². The molecule has 1 amide bonds. The summed E-state index contributed by atoms with van der Waals surface area (Å²) in [6, 6.07) is 7.86. The number of methoxy groups -OCH3 is 1. The van der Waals surface area contributed by atoms with Crippen LogP contribution in [0.1, 0.15) is 31.5 Å². The lowest BCUT2D eigenvalue weighted by Gasteiger charge is -2.24. The van der Waals surface area contributed by atoms with E-state index >= 15 is 0 Å². The molecule has 1 aliphatic carbocycles. The fraction of sp³-hybridized carbons (Fsp3) is 0.533. The van der Waals surface area contributed by atoms with Crippen molar-refractivity contribution < 1.29 is 9.53 Å². The molecule has 1 saturated heterocycles. The van der Waals surface area contributed by atoms with Crippen LogP contribution in [0.3, 0.4) is 0 Å². The minimum absolute atomic E-state index is 0.00834. The minimum atomic E-state index is -0.0918. The fourth-order valence-corrected chi connectivity index (χ4v) is 2.61. The molecule has 19 heavy (non-hydrogen) atoms. The zero-order valence-electron chi connectivity index (χ0n) is 11.4. The van der Waals surface area contributed by atoms with Gasteiger partial charge in [-0.3, -0.25) is 10.1 Å². The van der Waals surface area contributed by atoms with E-state index in [1.165, 1.54) is 12.8 Å². The molecule has 0 radical (unpaired) electrons. The second kappa shape index (κ2) is 4.85. The Morgan fingerprint density at radius 3 is 2.58 bits per heavy atom. The molecule has 1 heterocycles. The Hall–Kier alpha value is -1.55. The number of hydrogen-bond donors (Lipinski definition) is 1. The molecular weight excluding hydrogens is 240 g/mol. The first-order valence-electron chi connectivity index (χ1n) is 6.89. The Labute approximate surface area is 113 Å². The molecule has 1 N–H and O–H groups in total. The van der Waals surface area contributed by atoms with Gasteiger partial charge in [0.1, 0.15) is 11.9 Å². The van der Waals surface area contributed by atoms with Gasteiger partial charge in [0.05, 0.1) is 13.2 Å². The first-order chi connectivity index (χ1) is 9.19. The molecule has 4 heteroatoms. The maximum Gasteiger partial charge on any atom is 0.241 e. The average Bonchev–Trinajstić information content (AvgIpc) is 3.21. The largest absolute Gasteiger partial charge is 0.497 e. The van der Waals surface area contributed by atoms with Gasteiger partial charge in [-0.1, -0.05) is 12.1 Å². The average molecular weight is 260 g/mol. The van der Waals surface area contributed by atoms with E-state index in [0.29, 0.717) is 5.92 Å². The Balaban J connectivity index is 1.81. The Bertz CT molecular complexity index is 468. The zero-order chi connectivity index (χ0) is 13.4. The lowest BCUT2D eigenvalue weighted by atomic mass is 10.1. The quantitative estimate of drug-likeness (QED) is 0.899. The van der Waals surface area contributed by atoms with Gasteiger partial charge in [0, 0.05) is 6.54 Å². The van der Waals surface area contributed by atoms with Crippen LogP contribution in [0, 0.1) is 5.92 Å². The SMILES string of the molecule is COc1ccc(C2NC(C)C(=O)N2CC2CC2)cc1. The lowest BCUT2D eigenvalue weighted by molar-refractivity contribution is -0.130. The Morgan fingerprint density at radius 1 is 1.32 bits per heavy atom. The molecule has 1 saturated carbocycles. The van der Waals surface area contributed by atoms with Crippen LogP contribution in [0.15, 0.2) is 24.3 Å². The van der Waals surface area contributed by atoms with E-state index in [1.54, 1.807) is 7.11 Å². The van der Waals surface area contributed by atoms with Crippen LogP contribution in [0.4, 0.5) is 0 Å². The number of nitrogens with zero attached hydrogens (tertiary/aromatic N) is 1. The lowest BCUT2D eigenvalue weighted by Crippen LogP contribution is -2.32. The van der Waals surface area contributed by atoms with Crippen molar-refractivity contribution in [1.29, 1.82) is 0 Å². The molecule has 4 nitrogen and oxygen atoms in total. The number of carbonyl (C=O) groups is 1. The van der Waals surface area contributed by atoms with Crippen LogP contribution >= 0.6 is 0 Å². The van der Waals surface area contributed by atoms with E-state index in [-0.39, 0.29) is 18.1 Å². The number of rotatable bonds is 4. The molecule has 2 atom stereocenters. The van der Waals surface area contributed by atoms with Crippen molar-refractivity contribution in [1.82, 2.24) is 10.2 Å². The van der Waals surface area contributed by atoms with E-state index in [4.69, 9.17) is 4.74 Å². The van der Waals surface area contributed by atoms with Gasteiger partial charge >= 0.3 is 0 Å². The van der Waals surface area contributed by atoms with Crippen molar-refractivity contribution in [2.45, 2.75) is 32.0 Å². The van der Waals surface area contributed by atoms with Crippen molar-refractivity contribution in [2.75, 3.05) is 13.7 Å². The van der Waals surface area contributed by atoms with Crippen LogP contribution in [0.2, 0.25) is 0 Å². The molecule has 2 fully saturated rings. The van der Waals surface area contributed by atoms with Crippen LogP contribution in [0.25, 0.3) is 0 Å². The van der Waals surface area contributed by atoms with Gasteiger partial charge in [-0.25, -0.2) is 0 Å². The van der Waals surface area contributed by atoms with E-state index in [2.05, 4.69) is 5.32 Å². The smallest absolute Gasteiger partial charge is 0.241 e. The van der Waals surface area contributed by atoms with E-state index in [0.717, 1.165) is 17.9 Å². The highest BCUT2D eigenvalue weighted by molar-refractivity contribution is 5.84. The molecule has 1 aliphatic heterocycles. The van der Waals surface area contributed by atoms with Crippen LogP contribution in [0.5, 0.6) is 5.75 Å². The number of nitrogens with one attached hydrogen (secondary N) is 1. The first kappa shape index (κ1) is 12.5. The molecule has 102 valence electrons. The summed E-state index contributed by atoms with van der Waals surface area (Å²) in [6.07, 6.45) is 2.52. The predicted octanol–water partition coefficient (Wildman–Crippen LogP) is 1.92. The van der Waals surface area contributed by atoms with Gasteiger partial charge in [-0.05, 0) is 43.4 Å². The highest BCUT2D eigenvalue weighted by atomic mass is 16.5. The summed E-state index contributed by atoms with van der Waals surface area (Å²) < 4.78 is 5.17. The third-order valence-electron chi connectivity index (χ3n) is 3.96. The zero-order valence-corrected chi connectivity index (χ0v) is 11.4. The van der Waals surface area contributed by atoms with Crippen molar-refractivity contribution in [3.05, 3.63) is 29.8 Å². The molecule has 1 aromatic carbocycles. The highest BCUT2D eigenvalue weighted by Gasteiger charge is 2.39. The molecule has 0 bridgehead atoms. The number of hydrogen-bond acceptors (Lipinski definition) is 3. The maximum absolute atomic E-state index is 12.2. The van der Waals surface area contributed by atoms with Gasteiger partial charge < -0.3 is 9.64 Å². The molecule has 2 unspecified atom stereocenters. The molecule has 1 aromatic rings. The second-order valence-electron chi connectivity index (χ2n) is 5.50. The molecular formula is C15H20N2O2. The third-order valence-corrected chi connectivity index (χ3v) is 3.96. The summed E-state index contributed by atoms with van der Waals surface area (Å²) in [7, 11) is 1.66. The summed E-state index contributed by atoms with van der Waals surface area (Å²) in [5.41, 5.74) is 1.12.